The molecule has 1 heterocycles. The van der Waals surface area contributed by atoms with Gasteiger partial charge in [0.15, 0.2) is 5.13 Å². The summed E-state index contributed by atoms with van der Waals surface area (Å²) in [5.41, 5.74) is 7.40. The number of thiazole rings is 1. The lowest BCUT2D eigenvalue weighted by Gasteiger charge is -2.10. The van der Waals surface area contributed by atoms with Crippen molar-refractivity contribution in [3.8, 4) is 17.0 Å². The quantitative estimate of drug-likeness (QED) is 0.123. The normalized spacial score (nSPS) is 11.0. The molecule has 40 heavy (non-hydrogen) atoms. The average Bonchev–Trinajstić information content (AvgIpc) is 3.42. The molecule has 0 fully saturated rings. The molecule has 0 atom stereocenters. The van der Waals surface area contributed by atoms with E-state index >= 15 is 0 Å². The number of hydrazone groups is 1. The zero-order chi connectivity index (χ0) is 27.9. The van der Waals surface area contributed by atoms with Gasteiger partial charge in [-0.25, -0.2) is 10.4 Å². The van der Waals surface area contributed by atoms with Crippen molar-refractivity contribution < 1.29 is 9.53 Å². The van der Waals surface area contributed by atoms with Crippen molar-refractivity contribution in [2.75, 3.05) is 5.32 Å². The lowest BCUT2D eigenvalue weighted by molar-refractivity contribution is 0.0955. The number of aromatic nitrogens is 1. The summed E-state index contributed by atoms with van der Waals surface area (Å²) in [7, 11) is 0. The van der Waals surface area contributed by atoms with Crippen LogP contribution >= 0.6 is 50.5 Å². The standard InChI is InChI=1S/C30H21BrCl2N4O2S/c31-25-14-19(6-13-28(25)39-17-22-11-12-23(32)15-26(22)33)16-34-37-29(38)21-9-7-20(8-10-21)27-18-40-30(36-27)35-24-4-2-1-3-5-24/h1-16,18H,17H2,(H,35,36)(H,37,38)/b34-16-. The van der Waals surface area contributed by atoms with Crippen LogP contribution in [-0.2, 0) is 6.61 Å². The molecular weight excluding hydrogens is 631 g/mol. The number of hydrogen-bond acceptors (Lipinski definition) is 6. The molecule has 10 heteroatoms. The number of para-hydroxylation sites is 1. The topological polar surface area (TPSA) is 75.6 Å². The van der Waals surface area contributed by atoms with Crippen molar-refractivity contribution in [1.82, 2.24) is 10.4 Å². The number of amides is 1. The zero-order valence-electron chi connectivity index (χ0n) is 20.8. The van der Waals surface area contributed by atoms with Crippen LogP contribution in [0, 0.1) is 0 Å². The van der Waals surface area contributed by atoms with E-state index in [0.29, 0.717) is 28.0 Å². The van der Waals surface area contributed by atoms with E-state index in [-0.39, 0.29) is 5.91 Å². The third kappa shape index (κ3) is 7.28. The number of hydrogen-bond donors (Lipinski definition) is 2. The molecule has 5 aromatic rings. The number of ether oxygens (including phenoxy) is 1. The van der Waals surface area contributed by atoms with E-state index in [0.717, 1.165) is 37.7 Å². The molecule has 0 spiro atoms. The summed E-state index contributed by atoms with van der Waals surface area (Å²) in [5, 5.41) is 11.3. The highest BCUT2D eigenvalue weighted by molar-refractivity contribution is 9.10. The fraction of sp³-hybridized carbons (Fsp3) is 0.0333. The highest BCUT2D eigenvalue weighted by Crippen LogP contribution is 2.29. The summed E-state index contributed by atoms with van der Waals surface area (Å²) in [6, 6.07) is 27.9. The fourth-order valence-corrected chi connectivity index (χ4v) is 5.35. The van der Waals surface area contributed by atoms with Gasteiger partial charge < -0.3 is 10.1 Å². The van der Waals surface area contributed by atoms with Crippen LogP contribution < -0.4 is 15.5 Å². The van der Waals surface area contributed by atoms with Crippen LogP contribution in [0.15, 0.2) is 106 Å². The monoisotopic (exact) mass is 650 g/mol. The second-order valence-corrected chi connectivity index (χ2v) is 11.1. The van der Waals surface area contributed by atoms with Gasteiger partial charge in [0.2, 0.25) is 0 Å². The molecule has 0 radical (unpaired) electrons. The number of halogens is 3. The maximum absolute atomic E-state index is 12.6. The second-order valence-electron chi connectivity index (χ2n) is 8.52. The molecule has 4 aromatic carbocycles. The first-order valence-electron chi connectivity index (χ1n) is 12.0. The van der Waals surface area contributed by atoms with Gasteiger partial charge in [0, 0.05) is 37.8 Å². The van der Waals surface area contributed by atoms with E-state index < -0.39 is 0 Å². The molecule has 0 aliphatic rings. The molecule has 5 rings (SSSR count). The van der Waals surface area contributed by atoms with Crippen molar-refractivity contribution in [2.45, 2.75) is 6.61 Å². The van der Waals surface area contributed by atoms with Crippen molar-refractivity contribution in [3.05, 3.63) is 128 Å². The third-order valence-electron chi connectivity index (χ3n) is 5.71. The summed E-state index contributed by atoms with van der Waals surface area (Å²) in [6.07, 6.45) is 1.56. The predicted octanol–water partition coefficient (Wildman–Crippen LogP) is 8.97. The third-order valence-corrected chi connectivity index (χ3v) is 7.67. The summed E-state index contributed by atoms with van der Waals surface area (Å²) in [6.45, 7) is 0.297. The largest absolute Gasteiger partial charge is 0.488 e. The van der Waals surface area contributed by atoms with Gasteiger partial charge in [0.05, 0.1) is 16.4 Å². The molecule has 0 saturated carbocycles. The number of nitrogens with zero attached hydrogens (tertiary/aromatic N) is 2. The fourth-order valence-electron chi connectivity index (χ4n) is 3.64. The van der Waals surface area contributed by atoms with E-state index in [1.807, 2.05) is 72.1 Å². The van der Waals surface area contributed by atoms with Crippen LogP contribution in [0.25, 0.3) is 11.3 Å². The molecule has 0 aliphatic carbocycles. The van der Waals surface area contributed by atoms with Crippen LogP contribution in [0.5, 0.6) is 5.75 Å². The molecule has 0 bridgehead atoms. The Hall–Kier alpha value is -3.69. The number of carbonyl (C=O) groups excluding carboxylic acids is 1. The Bertz CT molecular complexity index is 1660. The summed E-state index contributed by atoms with van der Waals surface area (Å²) < 4.78 is 6.62. The summed E-state index contributed by atoms with van der Waals surface area (Å²) in [5.74, 6) is 0.335. The minimum absolute atomic E-state index is 0.297. The Morgan fingerprint density at radius 2 is 1.80 bits per heavy atom. The molecule has 1 amide bonds. The van der Waals surface area contributed by atoms with E-state index in [1.54, 1.807) is 30.5 Å². The summed E-state index contributed by atoms with van der Waals surface area (Å²) >= 11 is 17.2. The molecular formula is C30H21BrCl2N4O2S. The van der Waals surface area contributed by atoms with Gasteiger partial charge in [0.1, 0.15) is 12.4 Å². The Balaban J connectivity index is 1.14. The molecule has 1 aromatic heterocycles. The van der Waals surface area contributed by atoms with Crippen LogP contribution in [0.4, 0.5) is 10.8 Å². The average molecular weight is 652 g/mol. The number of rotatable bonds is 9. The van der Waals surface area contributed by atoms with E-state index in [9.17, 15) is 4.79 Å². The first-order valence-corrected chi connectivity index (χ1v) is 14.5. The molecule has 200 valence electrons. The van der Waals surface area contributed by atoms with Gasteiger partial charge >= 0.3 is 0 Å². The minimum atomic E-state index is -0.314. The number of carbonyl (C=O) groups is 1. The van der Waals surface area contributed by atoms with Gasteiger partial charge in [-0.3, -0.25) is 4.79 Å². The van der Waals surface area contributed by atoms with Gasteiger partial charge in [0.25, 0.3) is 5.91 Å². The van der Waals surface area contributed by atoms with Crippen LogP contribution in [0.2, 0.25) is 10.0 Å². The molecule has 0 saturated heterocycles. The Labute approximate surface area is 253 Å². The maximum atomic E-state index is 12.6. The predicted molar refractivity (Wildman–Crippen MR) is 167 cm³/mol. The zero-order valence-corrected chi connectivity index (χ0v) is 24.7. The Kier molecular flexibility index (Phi) is 9.13. The van der Waals surface area contributed by atoms with E-state index in [4.69, 9.17) is 27.9 Å². The SMILES string of the molecule is O=C(N/N=C\c1ccc(OCc2ccc(Cl)cc2Cl)c(Br)c1)c1ccc(-c2csc(Nc3ccccc3)n2)cc1. The Morgan fingerprint density at radius 1 is 1.00 bits per heavy atom. The van der Waals surface area contributed by atoms with Crippen LogP contribution in [-0.4, -0.2) is 17.1 Å². The second kappa shape index (κ2) is 13.1. The van der Waals surface area contributed by atoms with Gasteiger partial charge in [-0.1, -0.05) is 59.6 Å². The Morgan fingerprint density at radius 3 is 2.55 bits per heavy atom. The van der Waals surface area contributed by atoms with Crippen molar-refractivity contribution in [1.29, 1.82) is 0 Å². The lowest BCUT2D eigenvalue weighted by Crippen LogP contribution is -2.17. The van der Waals surface area contributed by atoms with Crippen molar-refractivity contribution in [3.63, 3.8) is 0 Å². The number of nitrogens with one attached hydrogen (secondary N) is 2. The highest BCUT2D eigenvalue weighted by atomic mass is 79.9. The molecule has 0 aliphatic heterocycles. The lowest BCUT2D eigenvalue weighted by atomic mass is 10.1. The summed E-state index contributed by atoms with van der Waals surface area (Å²) in [4.78, 5) is 17.2. The first-order chi connectivity index (χ1) is 19.4. The maximum Gasteiger partial charge on any atom is 0.271 e. The highest BCUT2D eigenvalue weighted by Gasteiger charge is 2.09. The molecule has 2 N–H and O–H groups in total. The molecule has 6 nitrogen and oxygen atoms in total. The van der Waals surface area contributed by atoms with Gasteiger partial charge in [-0.05, 0) is 76.1 Å². The van der Waals surface area contributed by atoms with E-state index in [2.05, 4.69) is 36.8 Å². The first kappa shape index (κ1) is 27.9. The van der Waals surface area contributed by atoms with E-state index in [1.165, 1.54) is 11.3 Å². The van der Waals surface area contributed by atoms with Gasteiger partial charge in [-0.2, -0.15) is 5.10 Å². The van der Waals surface area contributed by atoms with Crippen molar-refractivity contribution in [2.24, 2.45) is 5.10 Å². The van der Waals surface area contributed by atoms with Crippen LogP contribution in [0.3, 0.4) is 0 Å². The van der Waals surface area contributed by atoms with Crippen molar-refractivity contribution >= 4 is 73.4 Å². The minimum Gasteiger partial charge on any atom is -0.488 e. The number of anilines is 2. The smallest absolute Gasteiger partial charge is 0.271 e. The number of benzene rings is 4. The molecule has 0 unspecified atom stereocenters. The van der Waals surface area contributed by atoms with Gasteiger partial charge in [-0.15, -0.1) is 11.3 Å². The van der Waals surface area contributed by atoms with Crippen LogP contribution in [0.1, 0.15) is 21.5 Å².